The van der Waals surface area contributed by atoms with Crippen LogP contribution in [0, 0.1) is 6.92 Å². The maximum atomic E-state index is 5.97. The molecule has 4 nitrogen and oxygen atoms in total. The molecule has 1 atom stereocenters. The van der Waals surface area contributed by atoms with Gasteiger partial charge in [-0.3, -0.25) is 0 Å². The molecule has 2 rings (SSSR count). The summed E-state index contributed by atoms with van der Waals surface area (Å²) in [6, 6.07) is 5.58. The summed E-state index contributed by atoms with van der Waals surface area (Å²) in [6.45, 7) is 2.02. The third-order valence-corrected chi connectivity index (χ3v) is 3.07. The van der Waals surface area contributed by atoms with Crippen LogP contribution in [0.2, 0.25) is 0 Å². The van der Waals surface area contributed by atoms with Crippen molar-refractivity contribution in [3.05, 3.63) is 46.0 Å². The van der Waals surface area contributed by atoms with E-state index in [1.165, 1.54) is 12.0 Å². The summed E-state index contributed by atoms with van der Waals surface area (Å²) in [7, 11) is 0. The number of nitrogens with zero attached hydrogens (tertiary/aromatic N) is 2. The van der Waals surface area contributed by atoms with Crippen molar-refractivity contribution in [1.29, 1.82) is 0 Å². The minimum absolute atomic E-state index is 0.347. The molecule has 1 unspecified atom stereocenters. The van der Waals surface area contributed by atoms with Gasteiger partial charge < -0.3 is 10.3 Å². The van der Waals surface area contributed by atoms with Gasteiger partial charge in [0.05, 0.1) is 6.04 Å². The molecule has 0 aliphatic rings. The number of aromatic nitrogens is 2. The molecule has 0 amide bonds. The quantitative estimate of drug-likeness (QED) is 0.906. The first-order valence-corrected chi connectivity index (χ1v) is 5.25. The molecule has 0 fully saturated rings. The second-order valence-electron chi connectivity index (χ2n) is 3.28. The second-order valence-corrected chi connectivity index (χ2v) is 4.13. The van der Waals surface area contributed by atoms with E-state index in [9.17, 15) is 0 Å². The molecule has 0 saturated carbocycles. The normalized spacial score (nSPS) is 12.7. The number of hydrogen-bond acceptors (Lipinski definition) is 4. The fraction of sp³-hybridized carbons (Fsp3) is 0.200. The number of rotatable bonds is 2. The van der Waals surface area contributed by atoms with E-state index in [0.717, 1.165) is 10.0 Å². The molecule has 0 bridgehead atoms. The lowest BCUT2D eigenvalue weighted by Crippen LogP contribution is -2.13. The van der Waals surface area contributed by atoms with Gasteiger partial charge >= 0.3 is 0 Å². The van der Waals surface area contributed by atoms with Crippen LogP contribution in [-0.4, -0.2) is 10.1 Å². The number of nitrogens with two attached hydrogens (primary N) is 1. The zero-order chi connectivity index (χ0) is 10.8. The molecular formula is C10H10BrN3O. The van der Waals surface area contributed by atoms with E-state index in [1.807, 2.05) is 25.1 Å². The Balaban J connectivity index is 2.34. The lowest BCUT2D eigenvalue weighted by Gasteiger charge is -2.08. The lowest BCUT2D eigenvalue weighted by molar-refractivity contribution is 0.407. The van der Waals surface area contributed by atoms with Gasteiger partial charge in [-0.25, -0.2) is 0 Å². The third kappa shape index (κ3) is 2.08. The predicted molar refractivity (Wildman–Crippen MR) is 59.2 cm³/mol. The molecule has 2 aromatic rings. The van der Waals surface area contributed by atoms with Crippen LogP contribution in [-0.2, 0) is 0 Å². The fourth-order valence-electron chi connectivity index (χ4n) is 1.27. The van der Waals surface area contributed by atoms with E-state index >= 15 is 0 Å². The smallest absolute Gasteiger partial charge is 0.213 e. The third-order valence-electron chi connectivity index (χ3n) is 2.21. The maximum Gasteiger partial charge on any atom is 0.213 e. The average Bonchev–Trinajstić information content (AvgIpc) is 2.74. The SMILES string of the molecule is Cc1ccc(C(N)c2ncon2)cc1Br. The standard InChI is InChI=1S/C10H10BrN3O/c1-6-2-3-7(4-8(6)11)9(12)10-13-5-15-14-10/h2-5,9H,12H2,1H3. The Kier molecular flexibility index (Phi) is 2.83. The number of benzene rings is 1. The van der Waals surface area contributed by atoms with E-state index in [-0.39, 0.29) is 6.04 Å². The topological polar surface area (TPSA) is 64.9 Å². The lowest BCUT2D eigenvalue weighted by atomic mass is 10.1. The number of hydrogen-bond donors (Lipinski definition) is 1. The molecule has 0 aliphatic heterocycles. The van der Waals surface area contributed by atoms with Crippen molar-refractivity contribution in [3.8, 4) is 0 Å². The summed E-state index contributed by atoms with van der Waals surface area (Å²) in [6.07, 6.45) is 1.28. The van der Waals surface area contributed by atoms with E-state index in [0.29, 0.717) is 5.82 Å². The molecule has 0 saturated heterocycles. The van der Waals surface area contributed by atoms with Crippen LogP contribution in [0.25, 0.3) is 0 Å². The van der Waals surface area contributed by atoms with Gasteiger partial charge in [-0.1, -0.05) is 33.2 Å². The van der Waals surface area contributed by atoms with Crippen molar-refractivity contribution in [1.82, 2.24) is 10.1 Å². The van der Waals surface area contributed by atoms with E-state index in [1.54, 1.807) is 0 Å². The van der Waals surface area contributed by atoms with Gasteiger partial charge in [-0.2, -0.15) is 4.98 Å². The largest absolute Gasteiger partial charge is 0.343 e. The van der Waals surface area contributed by atoms with Gasteiger partial charge in [-0.15, -0.1) is 0 Å². The average molecular weight is 268 g/mol. The van der Waals surface area contributed by atoms with Crippen LogP contribution in [0.3, 0.4) is 0 Å². The molecule has 2 N–H and O–H groups in total. The first-order valence-electron chi connectivity index (χ1n) is 4.46. The second kappa shape index (κ2) is 4.12. The van der Waals surface area contributed by atoms with Crippen molar-refractivity contribution < 1.29 is 4.52 Å². The van der Waals surface area contributed by atoms with Gasteiger partial charge in [0.2, 0.25) is 6.39 Å². The van der Waals surface area contributed by atoms with Crippen LogP contribution >= 0.6 is 15.9 Å². The fourth-order valence-corrected chi connectivity index (χ4v) is 1.66. The van der Waals surface area contributed by atoms with Gasteiger partial charge in [0, 0.05) is 4.47 Å². The van der Waals surface area contributed by atoms with Crippen LogP contribution < -0.4 is 5.73 Å². The summed E-state index contributed by atoms with van der Waals surface area (Å²) < 4.78 is 5.69. The Bertz CT molecular complexity index is 456. The van der Waals surface area contributed by atoms with Crippen molar-refractivity contribution in [2.45, 2.75) is 13.0 Å². The molecule has 78 valence electrons. The van der Waals surface area contributed by atoms with E-state index in [2.05, 4.69) is 30.6 Å². The minimum Gasteiger partial charge on any atom is -0.343 e. The molecule has 0 aliphatic carbocycles. The molecule has 0 radical (unpaired) electrons. The van der Waals surface area contributed by atoms with Crippen LogP contribution in [0.15, 0.2) is 33.6 Å². The first-order chi connectivity index (χ1) is 7.18. The molecule has 0 spiro atoms. The monoisotopic (exact) mass is 267 g/mol. The Labute approximate surface area is 95.6 Å². The van der Waals surface area contributed by atoms with Gasteiger partial charge in [-0.05, 0) is 24.1 Å². The molecule has 1 heterocycles. The Morgan fingerprint density at radius 1 is 1.47 bits per heavy atom. The number of halogens is 1. The predicted octanol–water partition coefficient (Wildman–Crippen LogP) is 2.19. The highest BCUT2D eigenvalue weighted by Gasteiger charge is 2.13. The van der Waals surface area contributed by atoms with Crippen LogP contribution in [0.1, 0.15) is 23.0 Å². The summed E-state index contributed by atoms with van der Waals surface area (Å²) in [4.78, 5) is 3.93. The zero-order valence-corrected chi connectivity index (χ0v) is 9.73. The molecule has 1 aromatic heterocycles. The summed E-state index contributed by atoms with van der Waals surface area (Å²) >= 11 is 3.46. The Morgan fingerprint density at radius 3 is 2.87 bits per heavy atom. The Hall–Kier alpha value is -1.20. The summed E-state index contributed by atoms with van der Waals surface area (Å²) in [5.41, 5.74) is 8.09. The summed E-state index contributed by atoms with van der Waals surface area (Å²) in [5.74, 6) is 0.491. The van der Waals surface area contributed by atoms with Crippen molar-refractivity contribution >= 4 is 15.9 Å². The highest BCUT2D eigenvalue weighted by Crippen LogP contribution is 2.23. The zero-order valence-electron chi connectivity index (χ0n) is 8.14. The van der Waals surface area contributed by atoms with E-state index < -0.39 is 0 Å². The van der Waals surface area contributed by atoms with Crippen LogP contribution in [0.4, 0.5) is 0 Å². The van der Waals surface area contributed by atoms with Crippen LogP contribution in [0.5, 0.6) is 0 Å². The molecule has 5 heteroatoms. The van der Waals surface area contributed by atoms with Crippen molar-refractivity contribution in [2.24, 2.45) is 5.73 Å². The van der Waals surface area contributed by atoms with Gasteiger partial charge in [0.15, 0.2) is 5.82 Å². The van der Waals surface area contributed by atoms with Crippen molar-refractivity contribution in [3.63, 3.8) is 0 Å². The minimum atomic E-state index is -0.347. The first kappa shape index (κ1) is 10.3. The highest BCUT2D eigenvalue weighted by molar-refractivity contribution is 9.10. The Morgan fingerprint density at radius 2 is 2.27 bits per heavy atom. The van der Waals surface area contributed by atoms with Gasteiger partial charge in [0.1, 0.15) is 0 Å². The number of aryl methyl sites for hydroxylation is 1. The maximum absolute atomic E-state index is 5.97. The molecule has 15 heavy (non-hydrogen) atoms. The molecule has 1 aromatic carbocycles. The van der Waals surface area contributed by atoms with E-state index in [4.69, 9.17) is 5.73 Å². The summed E-state index contributed by atoms with van der Waals surface area (Å²) in [5, 5.41) is 3.72. The van der Waals surface area contributed by atoms with Crippen molar-refractivity contribution in [2.75, 3.05) is 0 Å². The molecular weight excluding hydrogens is 258 g/mol. The highest BCUT2D eigenvalue weighted by atomic mass is 79.9. The van der Waals surface area contributed by atoms with Gasteiger partial charge in [0.25, 0.3) is 0 Å².